The summed E-state index contributed by atoms with van der Waals surface area (Å²) in [5.74, 6) is 1.02. The number of hydrogen-bond acceptors (Lipinski definition) is 6. The van der Waals surface area contributed by atoms with Crippen LogP contribution in [0.2, 0.25) is 0 Å². The maximum Gasteiger partial charge on any atom is 0.269 e. The molecular weight excluding hydrogens is 338 g/mol. The summed E-state index contributed by atoms with van der Waals surface area (Å²) in [6, 6.07) is 8.19. The first-order valence-electron chi connectivity index (χ1n) is 7.87. The maximum absolute atomic E-state index is 13.1. The third-order valence-corrected chi connectivity index (χ3v) is 4.22. The molecule has 0 saturated carbocycles. The van der Waals surface area contributed by atoms with Crippen LogP contribution in [0.4, 0.5) is 5.69 Å². The summed E-state index contributed by atoms with van der Waals surface area (Å²) in [6.45, 7) is 0. The first kappa shape index (κ1) is 17.6. The third kappa shape index (κ3) is 2.92. The molecule has 2 aromatic rings. The minimum atomic E-state index is -0.467. The lowest BCUT2D eigenvalue weighted by Gasteiger charge is -2.28. The average molecular weight is 357 g/mol. The van der Waals surface area contributed by atoms with Crippen LogP contribution in [-0.4, -0.2) is 40.3 Å². The summed E-state index contributed by atoms with van der Waals surface area (Å²) in [4.78, 5) is 26.9. The molecule has 0 bridgehead atoms. The highest BCUT2D eigenvalue weighted by Gasteiger charge is 2.35. The zero-order valence-corrected chi connectivity index (χ0v) is 15.0. The summed E-state index contributed by atoms with van der Waals surface area (Å²) in [7, 11) is 5.99. The Labute approximate surface area is 151 Å². The molecule has 7 heteroatoms. The van der Waals surface area contributed by atoms with Crippen molar-refractivity contribution in [3.8, 4) is 23.0 Å². The second-order valence-electron chi connectivity index (χ2n) is 5.65. The normalized spacial score (nSPS) is 13.3. The number of methoxy groups -OCH3 is 4. The van der Waals surface area contributed by atoms with E-state index in [9.17, 15) is 9.59 Å². The topological polar surface area (TPSA) is 74.3 Å². The van der Waals surface area contributed by atoms with Gasteiger partial charge in [0, 0.05) is 24.3 Å². The first-order valence-corrected chi connectivity index (χ1v) is 7.87. The molecule has 0 aliphatic carbocycles. The van der Waals surface area contributed by atoms with Gasteiger partial charge in [-0.2, -0.15) is 0 Å². The molecule has 1 aliphatic rings. The summed E-state index contributed by atoms with van der Waals surface area (Å²) < 4.78 is 21.0. The van der Waals surface area contributed by atoms with Crippen LogP contribution in [0.3, 0.4) is 0 Å². The second-order valence-corrected chi connectivity index (χ2v) is 5.65. The Bertz CT molecular complexity index is 854. The molecule has 0 radical (unpaired) electrons. The van der Waals surface area contributed by atoms with E-state index < -0.39 is 5.91 Å². The number of imide groups is 1. The Hall–Kier alpha value is -3.22. The molecular formula is C19H19NO6. The van der Waals surface area contributed by atoms with E-state index in [0.29, 0.717) is 39.8 Å². The molecule has 0 N–H and O–H groups in total. The Balaban J connectivity index is 2.13. The van der Waals surface area contributed by atoms with Gasteiger partial charge in [-0.25, -0.2) is 4.90 Å². The highest BCUT2D eigenvalue weighted by molar-refractivity contribution is 6.25. The molecule has 7 nitrogen and oxygen atoms in total. The Morgan fingerprint density at radius 2 is 1.35 bits per heavy atom. The summed E-state index contributed by atoms with van der Waals surface area (Å²) >= 11 is 0. The fourth-order valence-electron chi connectivity index (χ4n) is 2.96. The van der Waals surface area contributed by atoms with E-state index in [1.54, 1.807) is 30.3 Å². The highest BCUT2D eigenvalue weighted by atomic mass is 16.5. The van der Waals surface area contributed by atoms with Crippen molar-refractivity contribution >= 4 is 17.5 Å². The largest absolute Gasteiger partial charge is 0.497 e. The maximum atomic E-state index is 13.1. The van der Waals surface area contributed by atoms with Crippen LogP contribution in [0.1, 0.15) is 15.9 Å². The zero-order valence-electron chi connectivity index (χ0n) is 15.0. The van der Waals surface area contributed by atoms with Crippen molar-refractivity contribution in [2.45, 2.75) is 6.42 Å². The van der Waals surface area contributed by atoms with Gasteiger partial charge in [-0.05, 0) is 11.6 Å². The van der Waals surface area contributed by atoms with Crippen LogP contribution in [0.25, 0.3) is 0 Å². The molecule has 3 rings (SSSR count). The number of benzene rings is 2. The van der Waals surface area contributed by atoms with Gasteiger partial charge >= 0.3 is 0 Å². The smallest absolute Gasteiger partial charge is 0.269 e. The molecule has 0 aromatic heterocycles. The lowest BCUT2D eigenvalue weighted by Crippen LogP contribution is -2.42. The molecule has 0 atom stereocenters. The van der Waals surface area contributed by atoms with E-state index in [2.05, 4.69) is 0 Å². The summed E-state index contributed by atoms with van der Waals surface area (Å²) in [5, 5.41) is 0. The van der Waals surface area contributed by atoms with Gasteiger partial charge in [0.25, 0.3) is 5.91 Å². The number of anilines is 1. The quantitative estimate of drug-likeness (QED) is 0.765. The summed E-state index contributed by atoms with van der Waals surface area (Å²) in [5.41, 5.74) is 1.29. The fourth-order valence-corrected chi connectivity index (χ4v) is 2.96. The van der Waals surface area contributed by atoms with Crippen molar-refractivity contribution in [3.63, 3.8) is 0 Å². The third-order valence-electron chi connectivity index (χ3n) is 4.22. The molecule has 0 fully saturated rings. The van der Waals surface area contributed by atoms with E-state index in [-0.39, 0.29) is 12.3 Å². The molecule has 1 heterocycles. The van der Waals surface area contributed by atoms with Crippen LogP contribution in [-0.2, 0) is 11.2 Å². The molecule has 0 unspecified atom stereocenters. The average Bonchev–Trinajstić information content (AvgIpc) is 2.66. The van der Waals surface area contributed by atoms with E-state index in [1.165, 1.54) is 28.4 Å². The van der Waals surface area contributed by atoms with E-state index in [1.807, 2.05) is 0 Å². The van der Waals surface area contributed by atoms with Gasteiger partial charge in [0.05, 0.1) is 46.1 Å². The molecule has 2 aromatic carbocycles. The Morgan fingerprint density at radius 3 is 1.88 bits per heavy atom. The van der Waals surface area contributed by atoms with Crippen LogP contribution in [0.15, 0.2) is 30.3 Å². The highest BCUT2D eigenvalue weighted by Crippen LogP contribution is 2.37. The molecule has 0 saturated heterocycles. The van der Waals surface area contributed by atoms with Gasteiger partial charge < -0.3 is 18.9 Å². The Morgan fingerprint density at radius 1 is 0.769 bits per heavy atom. The molecule has 1 aliphatic heterocycles. The number of carbonyl (C=O) groups excluding carboxylic acids is 2. The van der Waals surface area contributed by atoms with Crippen molar-refractivity contribution in [3.05, 3.63) is 41.5 Å². The van der Waals surface area contributed by atoms with Gasteiger partial charge in [-0.15, -0.1) is 0 Å². The predicted octanol–water partition coefficient (Wildman–Crippen LogP) is 2.45. The van der Waals surface area contributed by atoms with E-state index >= 15 is 0 Å². The van der Waals surface area contributed by atoms with Crippen molar-refractivity contribution in [1.29, 1.82) is 0 Å². The van der Waals surface area contributed by atoms with E-state index in [4.69, 9.17) is 18.9 Å². The number of hydrogen-bond donors (Lipinski definition) is 0. The number of amides is 2. The summed E-state index contributed by atoms with van der Waals surface area (Å²) in [6.07, 6.45) is 0.0498. The first-order chi connectivity index (χ1) is 12.5. The van der Waals surface area contributed by atoms with Crippen molar-refractivity contribution in [1.82, 2.24) is 0 Å². The van der Waals surface area contributed by atoms with Crippen LogP contribution in [0, 0.1) is 0 Å². The minimum absolute atomic E-state index is 0.0498. The molecule has 136 valence electrons. The predicted molar refractivity (Wildman–Crippen MR) is 94.6 cm³/mol. The van der Waals surface area contributed by atoms with Crippen LogP contribution in [0.5, 0.6) is 23.0 Å². The van der Waals surface area contributed by atoms with Gasteiger partial charge in [0.1, 0.15) is 23.0 Å². The van der Waals surface area contributed by atoms with Crippen LogP contribution >= 0.6 is 0 Å². The van der Waals surface area contributed by atoms with Gasteiger partial charge in [0.2, 0.25) is 5.91 Å². The SMILES string of the molecule is COc1cc(OC)cc(N2C(=O)Cc3cc(OC)cc(OC)c3C2=O)c1. The number of nitrogens with zero attached hydrogens (tertiary/aromatic N) is 1. The fraction of sp³-hybridized carbons (Fsp3) is 0.263. The van der Waals surface area contributed by atoms with Crippen molar-refractivity contribution in [2.75, 3.05) is 33.3 Å². The van der Waals surface area contributed by atoms with Gasteiger partial charge in [-0.3, -0.25) is 9.59 Å². The zero-order chi connectivity index (χ0) is 18.8. The molecule has 0 spiro atoms. The van der Waals surface area contributed by atoms with Gasteiger partial charge in [-0.1, -0.05) is 0 Å². The molecule has 26 heavy (non-hydrogen) atoms. The standard InChI is InChI=1S/C19H19NO6/c1-23-13-5-11-6-17(21)20(19(22)18(11)16(10-13)26-4)12-7-14(24-2)9-15(8-12)25-3/h5,7-10H,6H2,1-4H3. The van der Waals surface area contributed by atoms with E-state index in [0.717, 1.165) is 4.90 Å². The van der Waals surface area contributed by atoms with Gasteiger partial charge in [0.15, 0.2) is 0 Å². The number of ether oxygens (including phenoxy) is 4. The van der Waals surface area contributed by atoms with Crippen molar-refractivity contribution in [2.24, 2.45) is 0 Å². The number of carbonyl (C=O) groups is 2. The number of rotatable bonds is 5. The van der Waals surface area contributed by atoms with Crippen LogP contribution < -0.4 is 23.8 Å². The second kappa shape index (κ2) is 6.95. The lowest BCUT2D eigenvalue weighted by atomic mass is 9.96. The molecule has 2 amide bonds. The Kier molecular flexibility index (Phi) is 4.71. The number of fused-ring (bicyclic) bond motifs is 1. The lowest BCUT2D eigenvalue weighted by molar-refractivity contribution is -0.117. The van der Waals surface area contributed by atoms with Crippen molar-refractivity contribution < 1.29 is 28.5 Å². The monoisotopic (exact) mass is 357 g/mol. The minimum Gasteiger partial charge on any atom is -0.497 e.